The Morgan fingerprint density at radius 3 is 2.70 bits per heavy atom. The highest BCUT2D eigenvalue weighted by molar-refractivity contribution is 5.95. The van der Waals surface area contributed by atoms with Gasteiger partial charge in [-0.25, -0.2) is 4.98 Å². The zero-order valence-electron chi connectivity index (χ0n) is 15.7. The first kappa shape index (κ1) is 18.5. The maximum Gasteiger partial charge on any atom is 0.265 e. The SMILES string of the molecule is CC(Oc1ccccc1C#N)C(=O)Nc1ccc2oc(C(C)(C)C)nc2c1. The third kappa shape index (κ3) is 4.09. The molecule has 0 bridgehead atoms. The number of oxazole rings is 1. The second-order valence-electron chi connectivity index (χ2n) is 7.31. The van der Waals surface area contributed by atoms with Crippen LogP contribution in [0.15, 0.2) is 46.9 Å². The van der Waals surface area contributed by atoms with Crippen LogP contribution < -0.4 is 10.1 Å². The van der Waals surface area contributed by atoms with Crippen molar-refractivity contribution < 1.29 is 13.9 Å². The highest BCUT2D eigenvalue weighted by atomic mass is 16.5. The van der Waals surface area contributed by atoms with Crippen LogP contribution in [-0.4, -0.2) is 17.0 Å². The molecule has 0 aliphatic rings. The van der Waals surface area contributed by atoms with Gasteiger partial charge in [0.05, 0.1) is 5.56 Å². The Hall–Kier alpha value is -3.33. The fraction of sp³-hybridized carbons (Fsp3) is 0.286. The number of hydrogen-bond donors (Lipinski definition) is 1. The molecule has 6 nitrogen and oxygen atoms in total. The Kier molecular flexibility index (Phi) is 4.87. The standard InChI is InChI=1S/C21H21N3O3/c1-13(26-17-8-6-5-7-14(17)12-22)19(25)23-15-9-10-18-16(11-15)24-20(27-18)21(2,3)4/h5-11,13H,1-4H3,(H,23,25). The molecule has 1 unspecified atom stereocenters. The van der Waals surface area contributed by atoms with E-state index in [4.69, 9.17) is 14.4 Å². The van der Waals surface area contributed by atoms with E-state index < -0.39 is 6.10 Å². The van der Waals surface area contributed by atoms with Crippen molar-refractivity contribution in [2.75, 3.05) is 5.32 Å². The number of aromatic nitrogens is 1. The second kappa shape index (κ2) is 7.12. The first-order chi connectivity index (χ1) is 12.8. The van der Waals surface area contributed by atoms with E-state index in [1.807, 2.05) is 26.8 Å². The molecule has 27 heavy (non-hydrogen) atoms. The predicted molar refractivity (Wildman–Crippen MR) is 103 cm³/mol. The van der Waals surface area contributed by atoms with Gasteiger partial charge in [-0.1, -0.05) is 32.9 Å². The summed E-state index contributed by atoms with van der Waals surface area (Å²) in [6.45, 7) is 7.71. The molecule has 1 aromatic heterocycles. The first-order valence-electron chi connectivity index (χ1n) is 8.65. The van der Waals surface area contributed by atoms with Gasteiger partial charge < -0.3 is 14.5 Å². The topological polar surface area (TPSA) is 88.1 Å². The largest absolute Gasteiger partial charge is 0.480 e. The molecule has 1 atom stereocenters. The van der Waals surface area contributed by atoms with Crippen LogP contribution in [0.3, 0.4) is 0 Å². The van der Waals surface area contributed by atoms with Crippen LogP contribution in [0.1, 0.15) is 39.1 Å². The number of anilines is 1. The highest BCUT2D eigenvalue weighted by Crippen LogP contribution is 2.27. The Balaban J connectivity index is 1.74. The van der Waals surface area contributed by atoms with Crippen molar-refractivity contribution in [3.05, 3.63) is 53.9 Å². The van der Waals surface area contributed by atoms with Crippen molar-refractivity contribution in [1.82, 2.24) is 4.98 Å². The van der Waals surface area contributed by atoms with Crippen molar-refractivity contribution in [2.24, 2.45) is 0 Å². The first-order valence-corrected chi connectivity index (χ1v) is 8.65. The molecule has 1 N–H and O–H groups in total. The third-order valence-corrected chi connectivity index (χ3v) is 3.98. The quantitative estimate of drug-likeness (QED) is 0.742. The zero-order chi connectivity index (χ0) is 19.6. The minimum Gasteiger partial charge on any atom is -0.480 e. The Labute approximate surface area is 157 Å². The van der Waals surface area contributed by atoms with Crippen LogP contribution >= 0.6 is 0 Å². The number of fused-ring (bicyclic) bond motifs is 1. The van der Waals surface area contributed by atoms with E-state index in [1.165, 1.54) is 0 Å². The summed E-state index contributed by atoms with van der Waals surface area (Å²) in [5.74, 6) is 0.705. The molecule has 3 aromatic rings. The predicted octanol–water partition coefficient (Wildman–Crippen LogP) is 4.40. The lowest BCUT2D eigenvalue weighted by atomic mass is 9.97. The number of para-hydroxylation sites is 1. The highest BCUT2D eigenvalue weighted by Gasteiger charge is 2.21. The van der Waals surface area contributed by atoms with Gasteiger partial charge in [-0.2, -0.15) is 5.26 Å². The number of rotatable bonds is 4. The monoisotopic (exact) mass is 363 g/mol. The molecule has 3 rings (SSSR count). The summed E-state index contributed by atoms with van der Waals surface area (Å²) in [6, 6.07) is 14.2. The molecule has 0 saturated carbocycles. The van der Waals surface area contributed by atoms with Crippen molar-refractivity contribution in [3.8, 4) is 11.8 Å². The van der Waals surface area contributed by atoms with Gasteiger partial charge in [0, 0.05) is 11.1 Å². The second-order valence-corrected chi connectivity index (χ2v) is 7.31. The minimum absolute atomic E-state index is 0.196. The van der Waals surface area contributed by atoms with Crippen LogP contribution in [0.5, 0.6) is 5.75 Å². The number of ether oxygens (including phenoxy) is 1. The molecular weight excluding hydrogens is 342 g/mol. The normalized spacial score (nSPS) is 12.4. The molecule has 1 amide bonds. The number of amides is 1. The lowest BCUT2D eigenvalue weighted by Gasteiger charge is -2.15. The van der Waals surface area contributed by atoms with E-state index in [2.05, 4.69) is 10.3 Å². The number of nitrogens with zero attached hydrogens (tertiary/aromatic N) is 2. The number of nitrogens with one attached hydrogen (secondary N) is 1. The summed E-state index contributed by atoms with van der Waals surface area (Å²) in [6.07, 6.45) is -0.766. The summed E-state index contributed by atoms with van der Waals surface area (Å²) in [5.41, 5.74) is 2.14. The maximum absolute atomic E-state index is 12.5. The van der Waals surface area contributed by atoms with Crippen LogP contribution in [0.2, 0.25) is 0 Å². The number of nitriles is 1. The molecule has 138 valence electrons. The third-order valence-electron chi connectivity index (χ3n) is 3.98. The van der Waals surface area contributed by atoms with E-state index in [1.54, 1.807) is 49.4 Å². The molecular formula is C21H21N3O3. The summed E-state index contributed by atoms with van der Waals surface area (Å²) >= 11 is 0. The number of hydrogen-bond acceptors (Lipinski definition) is 5. The minimum atomic E-state index is -0.766. The van der Waals surface area contributed by atoms with Gasteiger partial charge >= 0.3 is 0 Å². The van der Waals surface area contributed by atoms with Gasteiger partial charge in [-0.05, 0) is 37.3 Å². The fourth-order valence-corrected chi connectivity index (χ4v) is 2.48. The zero-order valence-corrected chi connectivity index (χ0v) is 15.7. The van der Waals surface area contributed by atoms with Gasteiger partial charge in [0.15, 0.2) is 11.7 Å². The van der Waals surface area contributed by atoms with Crippen molar-refractivity contribution in [2.45, 2.75) is 39.2 Å². The van der Waals surface area contributed by atoms with E-state index >= 15 is 0 Å². The van der Waals surface area contributed by atoms with Crippen LogP contribution in [0.4, 0.5) is 5.69 Å². The molecule has 0 spiro atoms. The van der Waals surface area contributed by atoms with Crippen LogP contribution in [0.25, 0.3) is 11.1 Å². The van der Waals surface area contributed by atoms with E-state index in [0.717, 1.165) is 0 Å². The summed E-state index contributed by atoms with van der Waals surface area (Å²) in [7, 11) is 0. The average Bonchev–Trinajstić information content (AvgIpc) is 3.06. The molecule has 0 aliphatic carbocycles. The molecule has 1 heterocycles. The smallest absolute Gasteiger partial charge is 0.265 e. The van der Waals surface area contributed by atoms with E-state index in [0.29, 0.717) is 34.0 Å². The summed E-state index contributed by atoms with van der Waals surface area (Å²) in [4.78, 5) is 17.0. The van der Waals surface area contributed by atoms with E-state index in [9.17, 15) is 4.79 Å². The molecule has 0 fully saturated rings. The van der Waals surface area contributed by atoms with Gasteiger partial charge in [-0.15, -0.1) is 0 Å². The summed E-state index contributed by atoms with van der Waals surface area (Å²) < 4.78 is 11.4. The Morgan fingerprint density at radius 1 is 1.26 bits per heavy atom. The maximum atomic E-state index is 12.5. The van der Waals surface area contributed by atoms with Crippen molar-refractivity contribution in [1.29, 1.82) is 5.26 Å². The van der Waals surface area contributed by atoms with Crippen LogP contribution in [0, 0.1) is 11.3 Å². The number of carbonyl (C=O) groups excluding carboxylic acids is 1. The fourth-order valence-electron chi connectivity index (χ4n) is 2.48. The number of carbonyl (C=O) groups is 1. The van der Waals surface area contributed by atoms with Gasteiger partial charge in [0.2, 0.25) is 5.89 Å². The van der Waals surface area contributed by atoms with Gasteiger partial charge in [0.1, 0.15) is 17.3 Å². The van der Waals surface area contributed by atoms with Gasteiger partial charge in [0.25, 0.3) is 5.91 Å². The van der Waals surface area contributed by atoms with Gasteiger partial charge in [-0.3, -0.25) is 4.79 Å². The molecule has 0 saturated heterocycles. The average molecular weight is 363 g/mol. The van der Waals surface area contributed by atoms with Crippen molar-refractivity contribution in [3.63, 3.8) is 0 Å². The lowest BCUT2D eigenvalue weighted by Crippen LogP contribution is -2.30. The molecule has 0 aliphatic heterocycles. The number of benzene rings is 2. The molecule has 0 radical (unpaired) electrons. The van der Waals surface area contributed by atoms with Crippen molar-refractivity contribution >= 4 is 22.7 Å². The molecule has 2 aromatic carbocycles. The van der Waals surface area contributed by atoms with E-state index in [-0.39, 0.29) is 11.3 Å². The lowest BCUT2D eigenvalue weighted by molar-refractivity contribution is -0.122. The van der Waals surface area contributed by atoms with Crippen LogP contribution in [-0.2, 0) is 10.2 Å². The Morgan fingerprint density at radius 2 is 2.00 bits per heavy atom. The Bertz CT molecular complexity index is 1030. The molecule has 6 heteroatoms. The summed E-state index contributed by atoms with van der Waals surface area (Å²) in [5, 5.41) is 11.9.